The molecule has 1 aliphatic heterocycles. The van der Waals surface area contributed by atoms with Crippen molar-refractivity contribution in [3.63, 3.8) is 0 Å². The fourth-order valence-electron chi connectivity index (χ4n) is 1.25. The van der Waals surface area contributed by atoms with Gasteiger partial charge in [0.25, 0.3) is 0 Å². The minimum Gasteiger partial charge on any atom is -0.298 e. The number of carbonyl (C=O) groups is 1. The van der Waals surface area contributed by atoms with E-state index < -0.39 is 8.07 Å². The normalized spacial score (nSPS) is 28.1. The van der Waals surface area contributed by atoms with Gasteiger partial charge in [-0.05, 0) is 11.6 Å². The van der Waals surface area contributed by atoms with Gasteiger partial charge < -0.3 is 0 Å². The lowest BCUT2D eigenvalue weighted by Crippen LogP contribution is -2.49. The summed E-state index contributed by atoms with van der Waals surface area (Å²) in [6.45, 7) is 10.7. The lowest BCUT2D eigenvalue weighted by atomic mass is 10.3. The van der Waals surface area contributed by atoms with E-state index in [2.05, 4.69) is 31.6 Å². The van der Waals surface area contributed by atoms with Crippen LogP contribution < -0.4 is 0 Å². The first-order valence-electron chi connectivity index (χ1n) is 4.22. The Hall–Kier alpha value is -0.703. The highest BCUT2D eigenvalue weighted by Gasteiger charge is 2.40. The summed E-state index contributed by atoms with van der Waals surface area (Å²) in [5, 5.41) is 0.260. The molecule has 0 bridgehead atoms. The van der Waals surface area contributed by atoms with Crippen LogP contribution in [0, 0.1) is 0 Å². The molecule has 0 aliphatic carbocycles. The summed E-state index contributed by atoms with van der Waals surface area (Å²) in [6, 6.07) is 0. The van der Waals surface area contributed by atoms with Crippen molar-refractivity contribution in [1.29, 1.82) is 0 Å². The molecular weight excluding hydrogens is 166 g/mol. The van der Waals surface area contributed by atoms with E-state index >= 15 is 0 Å². The zero-order valence-corrected chi connectivity index (χ0v) is 8.92. The third-order valence-electron chi connectivity index (χ3n) is 2.78. The fourth-order valence-corrected chi connectivity index (χ4v) is 3.08. The van der Waals surface area contributed by atoms with Crippen LogP contribution in [-0.2, 0) is 4.79 Å². The molecule has 0 saturated carbocycles. The molecule has 0 amide bonds. The first kappa shape index (κ1) is 9.39. The minimum atomic E-state index is -1.72. The van der Waals surface area contributed by atoms with Crippen LogP contribution in [0.1, 0.15) is 6.92 Å². The number of hydrogen-bond donors (Lipinski definition) is 0. The Balaban J connectivity index is 3.03. The molecule has 0 fully saturated rings. The molecule has 3 heteroatoms. The second-order valence-corrected chi connectivity index (χ2v) is 8.77. The van der Waals surface area contributed by atoms with Crippen molar-refractivity contribution in [2.45, 2.75) is 25.6 Å². The summed E-state index contributed by atoms with van der Waals surface area (Å²) in [7, 11) is -1.72. The highest BCUT2D eigenvalue weighted by Crippen LogP contribution is 2.26. The summed E-state index contributed by atoms with van der Waals surface area (Å²) in [6.07, 6.45) is 1.59. The second-order valence-electron chi connectivity index (χ2n) is 3.88. The Labute approximate surface area is 74.4 Å². The summed E-state index contributed by atoms with van der Waals surface area (Å²) in [5.41, 5.74) is 1.07. The molecule has 1 heterocycles. The average Bonchev–Trinajstić information content (AvgIpc) is 2.02. The highest BCUT2D eigenvalue weighted by atomic mass is 28.3. The van der Waals surface area contributed by atoms with Gasteiger partial charge in [-0.15, -0.1) is 0 Å². The van der Waals surface area contributed by atoms with Gasteiger partial charge in [-0.3, -0.25) is 9.79 Å². The van der Waals surface area contributed by atoms with E-state index in [4.69, 9.17) is 0 Å². The van der Waals surface area contributed by atoms with Gasteiger partial charge in [-0.25, -0.2) is 0 Å². The topological polar surface area (TPSA) is 29.4 Å². The van der Waals surface area contributed by atoms with E-state index in [-0.39, 0.29) is 5.41 Å². The number of allylic oxidation sites excluding steroid dienone is 1. The van der Waals surface area contributed by atoms with Gasteiger partial charge in [-0.2, -0.15) is 0 Å². The van der Waals surface area contributed by atoms with Crippen molar-refractivity contribution in [2.24, 2.45) is 4.99 Å². The van der Waals surface area contributed by atoms with E-state index in [1.165, 1.54) is 0 Å². The van der Waals surface area contributed by atoms with Gasteiger partial charge in [-0.1, -0.05) is 26.6 Å². The van der Waals surface area contributed by atoms with Crippen molar-refractivity contribution in [3.05, 3.63) is 12.7 Å². The van der Waals surface area contributed by atoms with Crippen LogP contribution in [-0.4, -0.2) is 25.7 Å². The molecule has 0 aromatic heterocycles. The molecular formula is C9H15NOSi. The molecule has 0 N–H and O–H groups in total. The first-order valence-corrected chi connectivity index (χ1v) is 7.29. The van der Waals surface area contributed by atoms with E-state index in [0.29, 0.717) is 11.3 Å². The minimum absolute atomic E-state index is 0.260. The van der Waals surface area contributed by atoms with Crippen molar-refractivity contribution < 1.29 is 4.79 Å². The Morgan fingerprint density at radius 1 is 1.67 bits per heavy atom. The number of rotatable bonds is 1. The van der Waals surface area contributed by atoms with Crippen molar-refractivity contribution >= 4 is 19.2 Å². The molecule has 0 aromatic carbocycles. The predicted molar refractivity (Wildman–Crippen MR) is 54.4 cm³/mol. The maximum absolute atomic E-state index is 11.7. The molecule has 66 valence electrons. The third-order valence-corrected chi connectivity index (χ3v) is 6.85. The SMILES string of the molecule is C=CC1=NCC(C)[Si](C)(C)C1=O. The van der Waals surface area contributed by atoms with Crippen LogP contribution in [0.15, 0.2) is 17.6 Å². The zero-order chi connectivity index (χ0) is 9.35. The summed E-state index contributed by atoms with van der Waals surface area (Å²) < 4.78 is 0. The standard InChI is InChI=1S/C9H15NOSi/c1-5-8-9(11)12(3,4)7(2)6-10-8/h5,7H,1,6H2,2-4H3. The van der Waals surface area contributed by atoms with Gasteiger partial charge in [0.1, 0.15) is 8.07 Å². The quantitative estimate of drug-likeness (QED) is 0.567. The number of aliphatic imine (C=N–C) groups is 1. The smallest absolute Gasteiger partial charge is 0.157 e. The van der Waals surface area contributed by atoms with E-state index in [9.17, 15) is 4.79 Å². The van der Waals surface area contributed by atoms with E-state index in [1.54, 1.807) is 6.08 Å². The second kappa shape index (κ2) is 2.97. The molecule has 0 saturated heterocycles. The van der Waals surface area contributed by atoms with Crippen molar-refractivity contribution in [2.75, 3.05) is 6.54 Å². The van der Waals surface area contributed by atoms with Crippen molar-refractivity contribution in [3.8, 4) is 0 Å². The number of hydrogen-bond acceptors (Lipinski definition) is 2. The summed E-state index contributed by atoms with van der Waals surface area (Å²) >= 11 is 0. The number of carbonyl (C=O) groups excluding carboxylic acids is 1. The molecule has 0 spiro atoms. The maximum Gasteiger partial charge on any atom is 0.157 e. The molecule has 1 rings (SSSR count). The van der Waals surface area contributed by atoms with Crippen molar-refractivity contribution in [1.82, 2.24) is 0 Å². The largest absolute Gasteiger partial charge is 0.298 e. The predicted octanol–water partition coefficient (Wildman–Crippen LogP) is 1.83. The Bertz CT molecular complexity index is 255. The van der Waals surface area contributed by atoms with E-state index in [0.717, 1.165) is 6.54 Å². The van der Waals surface area contributed by atoms with Gasteiger partial charge in [0.05, 0.1) is 5.71 Å². The van der Waals surface area contributed by atoms with Crippen LogP contribution in [0.5, 0.6) is 0 Å². The lowest BCUT2D eigenvalue weighted by Gasteiger charge is -2.30. The van der Waals surface area contributed by atoms with Crippen LogP contribution in [0.3, 0.4) is 0 Å². The van der Waals surface area contributed by atoms with Crippen LogP contribution in [0.4, 0.5) is 0 Å². The monoisotopic (exact) mass is 181 g/mol. The molecule has 2 nitrogen and oxygen atoms in total. The van der Waals surface area contributed by atoms with Gasteiger partial charge >= 0.3 is 0 Å². The maximum atomic E-state index is 11.7. The summed E-state index contributed by atoms with van der Waals surface area (Å²) in [5.74, 6) is 0. The first-order chi connectivity index (χ1) is 5.50. The molecule has 1 unspecified atom stereocenters. The Kier molecular flexibility index (Phi) is 2.33. The molecule has 0 aromatic rings. The van der Waals surface area contributed by atoms with Gasteiger partial charge in [0.2, 0.25) is 0 Å². The molecule has 12 heavy (non-hydrogen) atoms. The van der Waals surface area contributed by atoms with Crippen LogP contribution in [0.25, 0.3) is 0 Å². The Morgan fingerprint density at radius 2 is 2.25 bits per heavy atom. The van der Waals surface area contributed by atoms with Crippen LogP contribution >= 0.6 is 0 Å². The third kappa shape index (κ3) is 1.29. The van der Waals surface area contributed by atoms with Crippen LogP contribution in [0.2, 0.25) is 18.6 Å². The molecule has 1 aliphatic rings. The average molecular weight is 181 g/mol. The lowest BCUT2D eigenvalue weighted by molar-refractivity contribution is -0.107. The number of nitrogens with zero attached hydrogens (tertiary/aromatic N) is 1. The van der Waals surface area contributed by atoms with Gasteiger partial charge in [0, 0.05) is 6.54 Å². The van der Waals surface area contributed by atoms with E-state index in [1.807, 2.05) is 0 Å². The highest BCUT2D eigenvalue weighted by molar-refractivity contribution is 7.14. The zero-order valence-electron chi connectivity index (χ0n) is 7.92. The fraction of sp³-hybridized carbons (Fsp3) is 0.556. The van der Waals surface area contributed by atoms with Gasteiger partial charge in [0.15, 0.2) is 5.41 Å². The molecule has 0 radical (unpaired) electrons. The Morgan fingerprint density at radius 3 is 2.75 bits per heavy atom. The summed E-state index contributed by atoms with van der Waals surface area (Å²) in [4.78, 5) is 15.9. The molecule has 1 atom stereocenters.